The van der Waals surface area contributed by atoms with Crippen molar-refractivity contribution in [3.8, 4) is 0 Å². The van der Waals surface area contributed by atoms with Crippen LogP contribution in [0.3, 0.4) is 0 Å². The smallest absolute Gasteiger partial charge is 0.291 e. The number of morpholine rings is 1. The summed E-state index contributed by atoms with van der Waals surface area (Å²) < 4.78 is 18.8. The van der Waals surface area contributed by atoms with Crippen LogP contribution in [-0.4, -0.2) is 66.7 Å². The standard InChI is InChI=1S/C22H23FN2O4S/c23-16-6-4-15(5-7-16)19-18(20(26)17-3-1-14-30-17)21(27)22(28)25(19)9-2-8-24-10-12-29-13-11-24/h1,3-7,14,18-19H,2,8-13H2. The molecule has 0 saturated carbocycles. The van der Waals surface area contributed by atoms with Crippen LogP contribution in [0.4, 0.5) is 4.39 Å². The normalized spacial score (nSPS) is 22.6. The average Bonchev–Trinajstić information content (AvgIpc) is 3.38. The number of hydrogen-bond donors (Lipinski definition) is 0. The van der Waals surface area contributed by atoms with E-state index >= 15 is 0 Å². The Balaban J connectivity index is 1.58. The van der Waals surface area contributed by atoms with Gasteiger partial charge >= 0.3 is 0 Å². The van der Waals surface area contributed by atoms with E-state index in [0.717, 1.165) is 19.6 Å². The molecule has 2 saturated heterocycles. The highest BCUT2D eigenvalue weighted by Gasteiger charge is 2.51. The van der Waals surface area contributed by atoms with E-state index in [4.69, 9.17) is 4.74 Å². The largest absolute Gasteiger partial charge is 0.379 e. The van der Waals surface area contributed by atoms with Crippen LogP contribution in [0, 0.1) is 11.7 Å². The zero-order valence-corrected chi connectivity index (χ0v) is 17.3. The number of ether oxygens (including phenoxy) is 1. The van der Waals surface area contributed by atoms with E-state index in [-0.39, 0.29) is 5.78 Å². The molecule has 1 aromatic heterocycles. The van der Waals surface area contributed by atoms with Gasteiger partial charge in [-0.25, -0.2) is 4.39 Å². The van der Waals surface area contributed by atoms with Crippen molar-refractivity contribution >= 4 is 28.8 Å². The molecule has 2 unspecified atom stereocenters. The van der Waals surface area contributed by atoms with Gasteiger partial charge in [-0.3, -0.25) is 19.3 Å². The highest BCUT2D eigenvalue weighted by atomic mass is 32.1. The summed E-state index contributed by atoms with van der Waals surface area (Å²) in [6.07, 6.45) is 0.677. The summed E-state index contributed by atoms with van der Waals surface area (Å²) in [5, 5.41) is 1.77. The lowest BCUT2D eigenvalue weighted by Crippen LogP contribution is -2.39. The summed E-state index contributed by atoms with van der Waals surface area (Å²) in [5.74, 6) is -3.19. The van der Waals surface area contributed by atoms with E-state index in [1.807, 2.05) is 0 Å². The number of halogens is 1. The van der Waals surface area contributed by atoms with E-state index in [9.17, 15) is 18.8 Å². The summed E-state index contributed by atoms with van der Waals surface area (Å²) in [4.78, 5) is 43.0. The first-order valence-electron chi connectivity index (χ1n) is 10.0. The second-order valence-electron chi connectivity index (χ2n) is 7.49. The molecule has 2 aromatic rings. The summed E-state index contributed by atoms with van der Waals surface area (Å²) >= 11 is 1.25. The predicted molar refractivity (Wildman–Crippen MR) is 110 cm³/mol. The molecular formula is C22H23FN2O4S. The molecule has 158 valence electrons. The van der Waals surface area contributed by atoms with Gasteiger partial charge in [-0.05, 0) is 35.6 Å². The lowest BCUT2D eigenvalue weighted by molar-refractivity contribution is -0.140. The maximum Gasteiger partial charge on any atom is 0.291 e. The first-order valence-corrected chi connectivity index (χ1v) is 10.9. The van der Waals surface area contributed by atoms with Gasteiger partial charge in [-0.1, -0.05) is 18.2 Å². The number of Topliss-reactive ketones (excluding diaryl/α,β-unsaturated/α-hetero) is 2. The fourth-order valence-corrected chi connectivity index (χ4v) is 4.83. The third kappa shape index (κ3) is 4.21. The number of benzene rings is 1. The van der Waals surface area contributed by atoms with Crippen LogP contribution in [0.5, 0.6) is 0 Å². The van der Waals surface area contributed by atoms with E-state index in [2.05, 4.69) is 4.90 Å². The summed E-state index contributed by atoms with van der Waals surface area (Å²) in [5.41, 5.74) is 0.594. The number of thiophene rings is 1. The molecule has 4 rings (SSSR count). The summed E-state index contributed by atoms with van der Waals surface area (Å²) in [7, 11) is 0. The molecule has 30 heavy (non-hydrogen) atoms. The van der Waals surface area contributed by atoms with Gasteiger partial charge in [-0.15, -0.1) is 11.3 Å². The van der Waals surface area contributed by atoms with Crippen LogP contribution in [0.1, 0.15) is 27.7 Å². The van der Waals surface area contributed by atoms with Crippen molar-refractivity contribution < 1.29 is 23.5 Å². The lowest BCUT2D eigenvalue weighted by Gasteiger charge is -2.30. The maximum atomic E-state index is 13.5. The fraction of sp³-hybridized carbons (Fsp3) is 0.409. The number of rotatable bonds is 7. The molecule has 3 heterocycles. The first-order chi connectivity index (χ1) is 14.6. The molecule has 1 aromatic carbocycles. The minimum Gasteiger partial charge on any atom is -0.379 e. The summed E-state index contributed by atoms with van der Waals surface area (Å²) in [6, 6.07) is 8.37. The van der Waals surface area contributed by atoms with E-state index in [1.54, 1.807) is 29.6 Å². The Kier molecular flexibility index (Phi) is 6.36. The number of ketones is 2. The topological polar surface area (TPSA) is 66.9 Å². The van der Waals surface area contributed by atoms with Gasteiger partial charge in [0.05, 0.1) is 24.1 Å². The van der Waals surface area contributed by atoms with Crippen LogP contribution in [0.2, 0.25) is 0 Å². The quantitative estimate of drug-likeness (QED) is 0.384. The number of amides is 1. The number of likely N-dealkylation sites (tertiary alicyclic amines) is 1. The van der Waals surface area contributed by atoms with Crippen molar-refractivity contribution in [3.05, 3.63) is 58.0 Å². The molecular weight excluding hydrogens is 407 g/mol. The maximum absolute atomic E-state index is 13.5. The van der Waals surface area contributed by atoms with Gasteiger partial charge in [0.1, 0.15) is 11.7 Å². The van der Waals surface area contributed by atoms with Gasteiger partial charge in [0.25, 0.3) is 5.91 Å². The van der Waals surface area contributed by atoms with Crippen LogP contribution in [0.25, 0.3) is 0 Å². The predicted octanol–water partition coefficient (Wildman–Crippen LogP) is 2.56. The van der Waals surface area contributed by atoms with Gasteiger partial charge in [-0.2, -0.15) is 0 Å². The lowest BCUT2D eigenvalue weighted by atomic mass is 9.88. The van der Waals surface area contributed by atoms with Crippen molar-refractivity contribution in [1.82, 2.24) is 9.80 Å². The number of carbonyl (C=O) groups is 3. The minimum atomic E-state index is -1.11. The highest BCUT2D eigenvalue weighted by molar-refractivity contribution is 7.12. The second-order valence-corrected chi connectivity index (χ2v) is 8.43. The summed E-state index contributed by atoms with van der Waals surface area (Å²) in [6.45, 7) is 4.20. The van der Waals surface area contributed by atoms with Crippen LogP contribution < -0.4 is 0 Å². The number of carbonyl (C=O) groups excluding carboxylic acids is 3. The van der Waals surface area contributed by atoms with Gasteiger partial charge in [0, 0.05) is 26.2 Å². The molecule has 2 fully saturated rings. The van der Waals surface area contributed by atoms with Crippen molar-refractivity contribution in [2.24, 2.45) is 5.92 Å². The first kappa shape index (κ1) is 20.8. The van der Waals surface area contributed by atoms with E-state index < -0.39 is 29.5 Å². The van der Waals surface area contributed by atoms with Crippen molar-refractivity contribution in [3.63, 3.8) is 0 Å². The molecule has 8 heteroatoms. The number of hydrogen-bond acceptors (Lipinski definition) is 6. The molecule has 2 atom stereocenters. The molecule has 2 aliphatic heterocycles. The van der Waals surface area contributed by atoms with Gasteiger partial charge < -0.3 is 9.64 Å². The van der Waals surface area contributed by atoms with Crippen molar-refractivity contribution in [1.29, 1.82) is 0 Å². The molecule has 1 amide bonds. The minimum absolute atomic E-state index is 0.353. The Bertz CT molecular complexity index is 910. The Hall–Kier alpha value is -2.42. The third-order valence-corrected chi connectivity index (χ3v) is 6.53. The second kappa shape index (κ2) is 9.16. The van der Waals surface area contributed by atoms with Gasteiger partial charge in [0.15, 0.2) is 5.78 Å². The molecule has 6 nitrogen and oxygen atoms in total. The third-order valence-electron chi connectivity index (χ3n) is 5.64. The van der Waals surface area contributed by atoms with Crippen LogP contribution in [0.15, 0.2) is 41.8 Å². The number of nitrogens with zero attached hydrogens (tertiary/aromatic N) is 2. The Morgan fingerprint density at radius 3 is 2.50 bits per heavy atom. The fourth-order valence-electron chi connectivity index (χ4n) is 4.12. The average molecular weight is 431 g/mol. The van der Waals surface area contributed by atoms with Crippen molar-refractivity contribution in [2.75, 3.05) is 39.4 Å². The zero-order chi connectivity index (χ0) is 21.1. The molecule has 0 radical (unpaired) electrons. The molecule has 0 spiro atoms. The highest BCUT2D eigenvalue weighted by Crippen LogP contribution is 2.38. The monoisotopic (exact) mass is 430 g/mol. The molecule has 0 N–H and O–H groups in total. The van der Waals surface area contributed by atoms with Crippen LogP contribution in [-0.2, 0) is 14.3 Å². The Morgan fingerprint density at radius 1 is 1.10 bits per heavy atom. The zero-order valence-electron chi connectivity index (χ0n) is 16.5. The molecule has 0 aliphatic carbocycles. The molecule has 2 aliphatic rings. The Labute approximate surface area is 178 Å². The van der Waals surface area contributed by atoms with E-state index in [0.29, 0.717) is 36.6 Å². The van der Waals surface area contributed by atoms with Gasteiger partial charge in [0.2, 0.25) is 5.78 Å². The van der Waals surface area contributed by atoms with Crippen molar-refractivity contribution in [2.45, 2.75) is 12.5 Å². The molecule has 0 bridgehead atoms. The van der Waals surface area contributed by atoms with E-state index in [1.165, 1.54) is 28.4 Å². The van der Waals surface area contributed by atoms with Crippen LogP contribution >= 0.6 is 11.3 Å². The Morgan fingerprint density at radius 2 is 1.83 bits per heavy atom. The SMILES string of the molecule is O=C1C(=O)N(CCCN2CCOCC2)C(c2ccc(F)cc2)C1C(=O)c1cccs1.